The lowest BCUT2D eigenvalue weighted by molar-refractivity contribution is 0.871. The van der Waals surface area contributed by atoms with E-state index in [0.717, 1.165) is 17.3 Å². The maximum absolute atomic E-state index is 5.61. The van der Waals surface area contributed by atoms with E-state index in [-0.39, 0.29) is 0 Å². The van der Waals surface area contributed by atoms with Gasteiger partial charge in [0.15, 0.2) is 0 Å². The number of aryl methyl sites for hydroxylation is 1. The molecule has 66 valence electrons. The molecule has 1 aliphatic rings. The number of alkyl halides is 1. The van der Waals surface area contributed by atoms with Crippen molar-refractivity contribution in [3.8, 4) is 0 Å². The highest BCUT2D eigenvalue weighted by atomic mass is 35.5. The molecule has 0 saturated heterocycles. The molecular formula is C8H11ClN2S. The molecule has 2 nitrogen and oxygen atoms in total. The first kappa shape index (κ1) is 8.45. The zero-order valence-electron chi connectivity index (χ0n) is 6.96. The van der Waals surface area contributed by atoms with E-state index < -0.39 is 0 Å². The average molecular weight is 203 g/mol. The van der Waals surface area contributed by atoms with Gasteiger partial charge in [-0.05, 0) is 12.3 Å². The number of hydrogen-bond donors (Lipinski definition) is 0. The summed E-state index contributed by atoms with van der Waals surface area (Å²) in [7, 11) is 0. The van der Waals surface area contributed by atoms with Crippen molar-refractivity contribution in [3.05, 3.63) is 10.0 Å². The molecule has 0 aromatic carbocycles. The lowest BCUT2D eigenvalue weighted by Crippen LogP contribution is -1.83. The van der Waals surface area contributed by atoms with Crippen molar-refractivity contribution < 1.29 is 0 Å². The van der Waals surface area contributed by atoms with Crippen molar-refractivity contribution in [1.82, 2.24) is 10.2 Å². The van der Waals surface area contributed by atoms with Gasteiger partial charge in [-0.25, -0.2) is 0 Å². The molecule has 12 heavy (non-hydrogen) atoms. The summed E-state index contributed by atoms with van der Waals surface area (Å²) < 4.78 is 0. The van der Waals surface area contributed by atoms with Crippen LogP contribution in [-0.4, -0.2) is 16.1 Å². The molecule has 0 N–H and O–H groups in total. The summed E-state index contributed by atoms with van der Waals surface area (Å²) in [4.78, 5) is 0. The molecule has 0 radical (unpaired) electrons. The second-order valence-corrected chi connectivity index (χ2v) is 4.76. The maximum atomic E-state index is 5.61. The molecule has 0 aliphatic heterocycles. The van der Waals surface area contributed by atoms with Crippen molar-refractivity contribution in [3.63, 3.8) is 0 Å². The number of hydrogen-bond acceptors (Lipinski definition) is 3. The van der Waals surface area contributed by atoms with E-state index in [2.05, 4.69) is 17.1 Å². The molecule has 0 bridgehead atoms. The first-order chi connectivity index (χ1) is 5.81. The Morgan fingerprint density at radius 2 is 2.33 bits per heavy atom. The summed E-state index contributed by atoms with van der Waals surface area (Å²) in [6.07, 6.45) is 2.15. The Labute approximate surface area is 81.0 Å². The van der Waals surface area contributed by atoms with E-state index in [0.29, 0.717) is 11.8 Å². The SMILES string of the molecule is CC1CC1c1nnc(CCCl)s1. The molecule has 0 spiro atoms. The Morgan fingerprint density at radius 1 is 1.58 bits per heavy atom. The van der Waals surface area contributed by atoms with E-state index in [9.17, 15) is 0 Å². The van der Waals surface area contributed by atoms with E-state index in [1.165, 1.54) is 11.4 Å². The van der Waals surface area contributed by atoms with Gasteiger partial charge in [0, 0.05) is 18.2 Å². The zero-order chi connectivity index (χ0) is 8.55. The first-order valence-corrected chi connectivity index (χ1v) is 5.54. The van der Waals surface area contributed by atoms with Gasteiger partial charge in [0.1, 0.15) is 10.0 Å². The van der Waals surface area contributed by atoms with Gasteiger partial charge < -0.3 is 0 Å². The van der Waals surface area contributed by atoms with Crippen LogP contribution in [0.4, 0.5) is 0 Å². The second-order valence-electron chi connectivity index (χ2n) is 3.29. The minimum atomic E-state index is 0.648. The van der Waals surface area contributed by atoms with E-state index >= 15 is 0 Å². The van der Waals surface area contributed by atoms with Crippen LogP contribution < -0.4 is 0 Å². The second kappa shape index (κ2) is 3.30. The lowest BCUT2D eigenvalue weighted by Gasteiger charge is -1.85. The number of halogens is 1. The maximum Gasteiger partial charge on any atom is 0.120 e. The van der Waals surface area contributed by atoms with Crippen LogP contribution in [0.2, 0.25) is 0 Å². The van der Waals surface area contributed by atoms with Gasteiger partial charge in [0.05, 0.1) is 0 Å². The smallest absolute Gasteiger partial charge is 0.120 e. The van der Waals surface area contributed by atoms with Crippen LogP contribution in [0.5, 0.6) is 0 Å². The molecule has 1 heterocycles. The number of nitrogens with zero attached hydrogens (tertiary/aromatic N) is 2. The Morgan fingerprint density at radius 3 is 2.92 bits per heavy atom. The number of rotatable bonds is 3. The van der Waals surface area contributed by atoms with Crippen LogP contribution in [-0.2, 0) is 6.42 Å². The monoisotopic (exact) mass is 202 g/mol. The van der Waals surface area contributed by atoms with Crippen molar-refractivity contribution in [1.29, 1.82) is 0 Å². The fourth-order valence-corrected chi connectivity index (χ4v) is 2.64. The summed E-state index contributed by atoms with van der Waals surface area (Å²) in [5.41, 5.74) is 0. The predicted molar refractivity (Wildman–Crippen MR) is 50.9 cm³/mol. The largest absolute Gasteiger partial charge is 0.144 e. The fraction of sp³-hybridized carbons (Fsp3) is 0.750. The molecule has 1 fully saturated rings. The standard InChI is InChI=1S/C8H11ClN2S/c1-5-4-6(5)8-11-10-7(12-8)2-3-9/h5-6H,2-4H2,1H3. The topological polar surface area (TPSA) is 25.8 Å². The van der Waals surface area contributed by atoms with Crippen molar-refractivity contribution >= 4 is 22.9 Å². The van der Waals surface area contributed by atoms with Crippen LogP contribution in [0.1, 0.15) is 29.3 Å². The average Bonchev–Trinajstić information content (AvgIpc) is 2.62. The van der Waals surface area contributed by atoms with E-state index in [4.69, 9.17) is 11.6 Å². The molecule has 0 amide bonds. The Kier molecular flexibility index (Phi) is 2.33. The Balaban J connectivity index is 2.04. The molecule has 2 rings (SSSR count). The van der Waals surface area contributed by atoms with Gasteiger partial charge in [-0.3, -0.25) is 0 Å². The van der Waals surface area contributed by atoms with E-state index in [1.54, 1.807) is 11.3 Å². The van der Waals surface area contributed by atoms with Gasteiger partial charge in [-0.1, -0.05) is 6.92 Å². The molecule has 4 heteroatoms. The molecule has 1 aromatic rings. The summed E-state index contributed by atoms with van der Waals surface area (Å²) in [6.45, 7) is 2.26. The highest BCUT2D eigenvalue weighted by Crippen LogP contribution is 2.47. The minimum Gasteiger partial charge on any atom is -0.144 e. The van der Waals surface area contributed by atoms with Crippen LogP contribution >= 0.6 is 22.9 Å². The zero-order valence-corrected chi connectivity index (χ0v) is 8.53. The van der Waals surface area contributed by atoms with Crippen LogP contribution in [0.3, 0.4) is 0 Å². The first-order valence-electron chi connectivity index (χ1n) is 4.19. The van der Waals surface area contributed by atoms with Gasteiger partial charge in [-0.2, -0.15) is 0 Å². The highest BCUT2D eigenvalue weighted by molar-refractivity contribution is 7.11. The van der Waals surface area contributed by atoms with Gasteiger partial charge in [0.25, 0.3) is 0 Å². The van der Waals surface area contributed by atoms with Crippen LogP contribution in [0, 0.1) is 5.92 Å². The molecular weight excluding hydrogens is 192 g/mol. The Bertz CT molecular complexity index is 274. The normalized spacial score (nSPS) is 27.5. The van der Waals surface area contributed by atoms with Crippen molar-refractivity contribution in [2.24, 2.45) is 5.92 Å². The number of aromatic nitrogens is 2. The summed E-state index contributed by atoms with van der Waals surface area (Å²) >= 11 is 7.33. The lowest BCUT2D eigenvalue weighted by atomic mass is 10.4. The van der Waals surface area contributed by atoms with Crippen LogP contribution in [0.25, 0.3) is 0 Å². The summed E-state index contributed by atoms with van der Waals surface area (Å²) in [6, 6.07) is 0. The van der Waals surface area contributed by atoms with Crippen molar-refractivity contribution in [2.45, 2.75) is 25.7 Å². The molecule has 1 aromatic heterocycles. The van der Waals surface area contributed by atoms with Gasteiger partial charge >= 0.3 is 0 Å². The molecule has 1 saturated carbocycles. The third-order valence-corrected chi connectivity index (χ3v) is 3.52. The summed E-state index contributed by atoms with van der Waals surface area (Å²) in [5, 5.41) is 10.5. The fourth-order valence-electron chi connectivity index (χ4n) is 1.26. The third-order valence-electron chi connectivity index (χ3n) is 2.22. The summed E-state index contributed by atoms with van der Waals surface area (Å²) in [5.74, 6) is 2.17. The molecule has 2 atom stereocenters. The van der Waals surface area contributed by atoms with Gasteiger partial charge in [-0.15, -0.1) is 33.1 Å². The minimum absolute atomic E-state index is 0.648. The molecule has 1 aliphatic carbocycles. The molecule has 2 unspecified atom stereocenters. The third kappa shape index (κ3) is 1.62. The van der Waals surface area contributed by atoms with Crippen LogP contribution in [0.15, 0.2) is 0 Å². The van der Waals surface area contributed by atoms with Gasteiger partial charge in [0.2, 0.25) is 0 Å². The Hall–Kier alpha value is -0.150. The predicted octanol–water partition coefficient (Wildman–Crippen LogP) is 2.44. The van der Waals surface area contributed by atoms with E-state index in [1.807, 2.05) is 0 Å². The highest BCUT2D eigenvalue weighted by Gasteiger charge is 2.36. The van der Waals surface area contributed by atoms with Crippen molar-refractivity contribution in [2.75, 3.05) is 5.88 Å². The quantitative estimate of drug-likeness (QED) is 0.704.